The van der Waals surface area contributed by atoms with Gasteiger partial charge in [0.2, 0.25) is 5.91 Å². The van der Waals surface area contributed by atoms with Gasteiger partial charge in [0.1, 0.15) is 12.4 Å². The van der Waals surface area contributed by atoms with Crippen molar-refractivity contribution in [2.75, 3.05) is 13.2 Å². The Bertz CT molecular complexity index is 519. The summed E-state index contributed by atoms with van der Waals surface area (Å²) in [6.45, 7) is 5.42. The average molecular weight is 326 g/mol. The maximum Gasteiger partial charge on any atom is 0.332 e. The number of carbonyl (C=O) groups is 2. The van der Waals surface area contributed by atoms with Gasteiger partial charge < -0.3 is 14.8 Å². The Balaban J connectivity index is 2.65. The van der Waals surface area contributed by atoms with Crippen LogP contribution >= 0.6 is 11.6 Å². The Hall–Kier alpha value is -2.01. The number of esters is 1. The third-order valence-corrected chi connectivity index (χ3v) is 3.04. The van der Waals surface area contributed by atoms with Crippen LogP contribution in [0.1, 0.15) is 19.8 Å². The quantitative estimate of drug-likeness (QED) is 0.560. The number of amides is 1. The van der Waals surface area contributed by atoms with E-state index in [0.29, 0.717) is 17.2 Å². The lowest BCUT2D eigenvalue weighted by Crippen LogP contribution is -2.45. The fourth-order valence-corrected chi connectivity index (χ4v) is 1.84. The highest BCUT2D eigenvalue weighted by atomic mass is 35.5. The molecule has 120 valence electrons. The molecule has 1 amide bonds. The van der Waals surface area contributed by atoms with Gasteiger partial charge in [0, 0.05) is 6.42 Å². The highest BCUT2D eigenvalue weighted by Crippen LogP contribution is 2.23. The van der Waals surface area contributed by atoms with Crippen LogP contribution in [0.2, 0.25) is 5.02 Å². The molecule has 0 saturated carbocycles. The molecule has 22 heavy (non-hydrogen) atoms. The fraction of sp³-hybridized carbons (Fsp3) is 0.375. The first-order chi connectivity index (χ1) is 10.6. The Kier molecular flexibility index (Phi) is 8.07. The van der Waals surface area contributed by atoms with E-state index < -0.39 is 12.0 Å². The SMILES string of the molecule is C=CCCC(=O)N[C@@H](COc1ccccc1Cl)C(=O)OCC. The summed E-state index contributed by atoms with van der Waals surface area (Å²) in [6, 6.07) is 6.02. The molecule has 0 aliphatic carbocycles. The van der Waals surface area contributed by atoms with Crippen molar-refractivity contribution in [2.24, 2.45) is 0 Å². The van der Waals surface area contributed by atoms with Gasteiger partial charge in [0.05, 0.1) is 11.6 Å². The third-order valence-electron chi connectivity index (χ3n) is 2.72. The number of nitrogens with one attached hydrogen (secondary N) is 1. The average Bonchev–Trinajstić information content (AvgIpc) is 2.51. The Labute approximate surface area is 135 Å². The lowest BCUT2D eigenvalue weighted by molar-refractivity contribution is -0.148. The van der Waals surface area contributed by atoms with Crippen molar-refractivity contribution in [3.63, 3.8) is 0 Å². The number of ether oxygens (including phenoxy) is 2. The summed E-state index contributed by atoms with van der Waals surface area (Å²) < 4.78 is 10.4. The molecule has 0 aliphatic rings. The number of hydrogen-bond acceptors (Lipinski definition) is 4. The van der Waals surface area contributed by atoms with Crippen LogP contribution in [-0.2, 0) is 14.3 Å². The summed E-state index contributed by atoms with van der Waals surface area (Å²) in [4.78, 5) is 23.6. The number of carbonyl (C=O) groups excluding carboxylic acids is 2. The smallest absolute Gasteiger partial charge is 0.332 e. The van der Waals surface area contributed by atoms with Crippen LogP contribution in [-0.4, -0.2) is 31.1 Å². The zero-order valence-electron chi connectivity index (χ0n) is 12.5. The molecule has 0 aliphatic heterocycles. The van der Waals surface area contributed by atoms with Gasteiger partial charge in [-0.15, -0.1) is 6.58 Å². The number of halogens is 1. The van der Waals surface area contributed by atoms with Gasteiger partial charge in [0.15, 0.2) is 6.04 Å². The van der Waals surface area contributed by atoms with Crippen LogP contribution in [0.3, 0.4) is 0 Å². The lowest BCUT2D eigenvalue weighted by Gasteiger charge is -2.18. The molecule has 1 atom stereocenters. The molecule has 0 heterocycles. The van der Waals surface area contributed by atoms with Crippen molar-refractivity contribution in [3.8, 4) is 5.75 Å². The predicted molar refractivity (Wildman–Crippen MR) is 84.9 cm³/mol. The van der Waals surface area contributed by atoms with Crippen LogP contribution < -0.4 is 10.1 Å². The molecule has 1 aromatic rings. The van der Waals surface area contributed by atoms with Gasteiger partial charge in [-0.25, -0.2) is 4.79 Å². The highest BCUT2D eigenvalue weighted by Gasteiger charge is 2.23. The second kappa shape index (κ2) is 9.84. The topological polar surface area (TPSA) is 64.6 Å². The second-order valence-corrected chi connectivity index (χ2v) is 4.85. The van der Waals surface area contributed by atoms with E-state index in [2.05, 4.69) is 11.9 Å². The van der Waals surface area contributed by atoms with Crippen molar-refractivity contribution in [1.82, 2.24) is 5.32 Å². The lowest BCUT2D eigenvalue weighted by atomic mass is 10.2. The highest BCUT2D eigenvalue weighted by molar-refractivity contribution is 6.32. The third kappa shape index (κ3) is 6.18. The summed E-state index contributed by atoms with van der Waals surface area (Å²) in [5.41, 5.74) is 0. The van der Waals surface area contributed by atoms with Gasteiger partial charge in [-0.2, -0.15) is 0 Å². The van der Waals surface area contributed by atoms with E-state index in [9.17, 15) is 9.59 Å². The minimum absolute atomic E-state index is 0.0532. The molecular formula is C16H20ClNO4. The molecular weight excluding hydrogens is 306 g/mol. The van der Waals surface area contributed by atoms with Gasteiger partial charge in [0.25, 0.3) is 0 Å². The van der Waals surface area contributed by atoms with E-state index in [-0.39, 0.29) is 25.5 Å². The van der Waals surface area contributed by atoms with Crippen molar-refractivity contribution in [2.45, 2.75) is 25.8 Å². The van der Waals surface area contributed by atoms with Crippen molar-refractivity contribution < 1.29 is 19.1 Å². The summed E-state index contributed by atoms with van der Waals surface area (Å²) in [5, 5.41) is 3.03. The largest absolute Gasteiger partial charge is 0.489 e. The Morgan fingerprint density at radius 3 is 2.77 bits per heavy atom. The van der Waals surface area contributed by atoms with Crippen molar-refractivity contribution in [3.05, 3.63) is 41.9 Å². The van der Waals surface area contributed by atoms with E-state index in [1.807, 2.05) is 0 Å². The number of hydrogen-bond donors (Lipinski definition) is 1. The maximum atomic E-state index is 11.9. The van der Waals surface area contributed by atoms with Crippen LogP contribution in [0.5, 0.6) is 5.75 Å². The fourth-order valence-electron chi connectivity index (χ4n) is 1.65. The molecule has 0 radical (unpaired) electrons. The van der Waals surface area contributed by atoms with Crippen LogP contribution in [0.25, 0.3) is 0 Å². The number of benzene rings is 1. The Morgan fingerprint density at radius 2 is 2.14 bits per heavy atom. The van der Waals surface area contributed by atoms with Gasteiger partial charge in [-0.05, 0) is 25.5 Å². The number of rotatable bonds is 9. The molecule has 5 nitrogen and oxygen atoms in total. The first-order valence-corrected chi connectivity index (χ1v) is 7.40. The van der Waals surface area contributed by atoms with Gasteiger partial charge >= 0.3 is 5.97 Å². The zero-order valence-corrected chi connectivity index (χ0v) is 13.3. The molecule has 0 bridgehead atoms. The first-order valence-electron chi connectivity index (χ1n) is 7.02. The molecule has 1 aromatic carbocycles. The number of para-hydroxylation sites is 1. The van der Waals surface area contributed by atoms with E-state index in [0.717, 1.165) is 0 Å². The van der Waals surface area contributed by atoms with E-state index in [1.54, 1.807) is 37.3 Å². The molecule has 1 N–H and O–H groups in total. The molecule has 0 saturated heterocycles. The molecule has 0 fully saturated rings. The summed E-state index contributed by atoms with van der Waals surface area (Å²) >= 11 is 5.98. The van der Waals surface area contributed by atoms with E-state index in [4.69, 9.17) is 21.1 Å². The van der Waals surface area contributed by atoms with E-state index >= 15 is 0 Å². The minimum Gasteiger partial charge on any atom is -0.489 e. The molecule has 0 unspecified atom stereocenters. The first kappa shape index (κ1) is 18.0. The minimum atomic E-state index is -0.881. The van der Waals surface area contributed by atoms with Gasteiger partial charge in [-0.1, -0.05) is 29.8 Å². The molecule has 1 rings (SSSR count). The summed E-state index contributed by atoms with van der Waals surface area (Å²) in [6.07, 6.45) is 2.43. The standard InChI is InChI=1S/C16H20ClNO4/c1-3-5-10-15(19)18-13(16(20)21-4-2)11-22-14-9-7-6-8-12(14)17/h3,6-9,13H,1,4-5,10-11H2,2H3,(H,18,19)/t13-/m0/s1. The van der Waals surface area contributed by atoms with Crippen LogP contribution in [0.15, 0.2) is 36.9 Å². The monoisotopic (exact) mass is 325 g/mol. The van der Waals surface area contributed by atoms with Gasteiger partial charge in [-0.3, -0.25) is 4.79 Å². The van der Waals surface area contributed by atoms with Crippen LogP contribution in [0.4, 0.5) is 0 Å². The summed E-state index contributed by atoms with van der Waals surface area (Å²) in [5.74, 6) is -0.360. The van der Waals surface area contributed by atoms with Crippen LogP contribution in [0, 0.1) is 0 Å². The molecule has 0 aromatic heterocycles. The normalized spacial score (nSPS) is 11.4. The maximum absolute atomic E-state index is 11.9. The van der Waals surface area contributed by atoms with Crippen molar-refractivity contribution in [1.29, 1.82) is 0 Å². The molecule has 6 heteroatoms. The van der Waals surface area contributed by atoms with E-state index in [1.165, 1.54) is 0 Å². The molecule has 0 spiro atoms. The Morgan fingerprint density at radius 1 is 1.41 bits per heavy atom. The van der Waals surface area contributed by atoms with Crippen molar-refractivity contribution >= 4 is 23.5 Å². The number of allylic oxidation sites excluding steroid dienone is 1. The second-order valence-electron chi connectivity index (χ2n) is 4.44. The summed E-state index contributed by atoms with van der Waals surface area (Å²) in [7, 11) is 0. The zero-order chi connectivity index (χ0) is 16.4. The predicted octanol–water partition coefficient (Wildman–Crippen LogP) is 2.73.